The van der Waals surface area contributed by atoms with Gasteiger partial charge in [-0.3, -0.25) is 14.9 Å². The minimum Gasteiger partial charge on any atom is -0.272 e. The number of non-ortho nitro benzene ring substituents is 1. The van der Waals surface area contributed by atoms with Crippen LogP contribution in [0.1, 0.15) is 50.3 Å². The number of benzene rings is 2. The monoisotopic (exact) mass is 367 g/mol. The van der Waals surface area contributed by atoms with Gasteiger partial charge in [0.1, 0.15) is 0 Å². The van der Waals surface area contributed by atoms with Gasteiger partial charge in [0.25, 0.3) is 5.69 Å². The lowest BCUT2D eigenvalue weighted by atomic mass is 9.96. The normalized spacial score (nSPS) is 12.7. The second kappa shape index (κ2) is 9.07. The number of hydrazone groups is 1. The van der Waals surface area contributed by atoms with Crippen LogP contribution < -0.4 is 5.43 Å². The van der Waals surface area contributed by atoms with E-state index in [1.165, 1.54) is 17.7 Å². The molecule has 1 atom stereocenters. The lowest BCUT2D eigenvalue weighted by Crippen LogP contribution is -2.24. The Kier molecular flexibility index (Phi) is 6.82. The van der Waals surface area contributed by atoms with E-state index in [2.05, 4.69) is 36.5 Å². The van der Waals surface area contributed by atoms with Crippen molar-refractivity contribution in [3.05, 3.63) is 75.3 Å². The van der Waals surface area contributed by atoms with E-state index in [9.17, 15) is 14.9 Å². The molecule has 0 fully saturated rings. The van der Waals surface area contributed by atoms with Crippen LogP contribution in [0, 0.1) is 16.0 Å². The number of hydrogen-bond acceptors (Lipinski definition) is 4. The molecule has 0 radical (unpaired) electrons. The van der Waals surface area contributed by atoms with Crippen molar-refractivity contribution in [2.24, 2.45) is 11.0 Å². The van der Waals surface area contributed by atoms with Crippen LogP contribution in [0.2, 0.25) is 0 Å². The third-order valence-corrected chi connectivity index (χ3v) is 4.35. The largest absolute Gasteiger partial charge is 0.272 e. The predicted molar refractivity (Wildman–Crippen MR) is 107 cm³/mol. The Hall–Kier alpha value is -3.02. The van der Waals surface area contributed by atoms with Crippen molar-refractivity contribution >= 4 is 17.3 Å². The maximum Gasteiger partial charge on any atom is 0.269 e. The number of nitrogens with zero attached hydrogens (tertiary/aromatic N) is 2. The van der Waals surface area contributed by atoms with Crippen LogP contribution in [0.3, 0.4) is 0 Å². The third kappa shape index (κ3) is 5.74. The van der Waals surface area contributed by atoms with Crippen LogP contribution in [0.15, 0.2) is 53.6 Å². The Balaban J connectivity index is 2.00. The van der Waals surface area contributed by atoms with E-state index in [1.54, 1.807) is 19.1 Å². The number of hydrogen-bond donors (Lipinski definition) is 1. The smallest absolute Gasteiger partial charge is 0.269 e. The van der Waals surface area contributed by atoms with Crippen molar-refractivity contribution in [1.82, 2.24) is 5.43 Å². The van der Waals surface area contributed by atoms with Crippen LogP contribution in [0.25, 0.3) is 0 Å². The summed E-state index contributed by atoms with van der Waals surface area (Å²) >= 11 is 0. The number of nitro benzene ring substituents is 1. The van der Waals surface area contributed by atoms with Gasteiger partial charge in [-0.1, -0.05) is 38.1 Å². The van der Waals surface area contributed by atoms with Crippen molar-refractivity contribution in [2.75, 3.05) is 0 Å². The minimum atomic E-state index is -0.452. The minimum absolute atomic E-state index is 0.0186. The molecule has 2 rings (SSSR count). The Morgan fingerprint density at radius 2 is 1.67 bits per heavy atom. The highest BCUT2D eigenvalue weighted by atomic mass is 16.6. The van der Waals surface area contributed by atoms with Crippen LogP contribution in [-0.2, 0) is 11.2 Å². The molecule has 2 aromatic rings. The fourth-order valence-corrected chi connectivity index (χ4v) is 2.69. The van der Waals surface area contributed by atoms with Gasteiger partial charge >= 0.3 is 0 Å². The second-order valence-electron chi connectivity index (χ2n) is 7.04. The molecule has 27 heavy (non-hydrogen) atoms. The molecule has 0 unspecified atom stereocenters. The Labute approximate surface area is 159 Å². The summed E-state index contributed by atoms with van der Waals surface area (Å²) in [5.41, 5.74) is 6.08. The average Bonchev–Trinajstić information content (AvgIpc) is 2.65. The molecule has 1 N–H and O–H groups in total. The van der Waals surface area contributed by atoms with Crippen molar-refractivity contribution in [3.8, 4) is 0 Å². The molecule has 6 heteroatoms. The summed E-state index contributed by atoms with van der Waals surface area (Å²) in [6.45, 7) is 7.93. The van der Waals surface area contributed by atoms with Gasteiger partial charge in [0.2, 0.25) is 5.91 Å². The van der Waals surface area contributed by atoms with E-state index in [4.69, 9.17) is 0 Å². The predicted octanol–water partition coefficient (Wildman–Crippen LogP) is 4.44. The number of amides is 1. The Morgan fingerprint density at radius 1 is 1.07 bits per heavy atom. The number of rotatable bonds is 7. The van der Waals surface area contributed by atoms with E-state index in [1.807, 2.05) is 19.1 Å². The van der Waals surface area contributed by atoms with Gasteiger partial charge in [0, 0.05) is 12.1 Å². The molecule has 0 spiro atoms. The van der Waals surface area contributed by atoms with E-state index in [0.717, 1.165) is 12.0 Å². The third-order valence-electron chi connectivity index (χ3n) is 4.35. The van der Waals surface area contributed by atoms with Crippen molar-refractivity contribution in [2.45, 2.75) is 40.0 Å². The first kappa shape index (κ1) is 20.3. The molecule has 2 aromatic carbocycles. The highest BCUT2D eigenvalue weighted by Gasteiger charge is 2.15. The standard InChI is InChI=1S/C21H25N3O3/c1-14(2)13-17-5-7-18(8-6-17)15(3)21(25)23-22-16(4)19-9-11-20(12-10-19)24(26)27/h5-12,14-15H,13H2,1-4H3,(H,23,25)/b22-16+/t15-/m0/s1. The maximum atomic E-state index is 12.4. The van der Waals surface area contributed by atoms with Crippen molar-refractivity contribution in [1.29, 1.82) is 0 Å². The molecule has 0 aliphatic carbocycles. The van der Waals surface area contributed by atoms with Crippen molar-refractivity contribution < 1.29 is 9.72 Å². The lowest BCUT2D eigenvalue weighted by molar-refractivity contribution is -0.384. The van der Waals surface area contributed by atoms with Gasteiger partial charge in [-0.15, -0.1) is 0 Å². The quantitative estimate of drug-likeness (QED) is 0.446. The number of nitro groups is 1. The maximum absolute atomic E-state index is 12.4. The molecular formula is C21H25N3O3. The molecule has 0 heterocycles. The summed E-state index contributed by atoms with van der Waals surface area (Å²) in [7, 11) is 0. The molecule has 142 valence electrons. The van der Waals surface area contributed by atoms with Gasteiger partial charge in [-0.2, -0.15) is 5.10 Å². The molecular weight excluding hydrogens is 342 g/mol. The van der Waals surface area contributed by atoms with Crippen LogP contribution >= 0.6 is 0 Å². The average molecular weight is 367 g/mol. The summed E-state index contributed by atoms with van der Waals surface area (Å²) in [6.07, 6.45) is 1.01. The van der Waals surface area contributed by atoms with Gasteiger partial charge < -0.3 is 0 Å². The molecule has 6 nitrogen and oxygen atoms in total. The first-order valence-corrected chi connectivity index (χ1v) is 8.95. The summed E-state index contributed by atoms with van der Waals surface area (Å²) in [5.74, 6) is 0.0627. The van der Waals surface area contributed by atoms with E-state index >= 15 is 0 Å². The summed E-state index contributed by atoms with van der Waals surface area (Å²) in [5, 5.41) is 14.8. The zero-order valence-corrected chi connectivity index (χ0v) is 16.1. The van der Waals surface area contributed by atoms with Crippen LogP contribution in [-0.4, -0.2) is 16.5 Å². The lowest BCUT2D eigenvalue weighted by Gasteiger charge is -2.12. The second-order valence-corrected chi connectivity index (χ2v) is 7.04. The van der Waals surface area contributed by atoms with Gasteiger partial charge in [0.05, 0.1) is 16.6 Å². The Morgan fingerprint density at radius 3 is 2.19 bits per heavy atom. The fraction of sp³-hybridized carbons (Fsp3) is 0.333. The van der Waals surface area contributed by atoms with Gasteiger partial charge in [-0.25, -0.2) is 5.43 Å². The molecule has 0 saturated heterocycles. The summed E-state index contributed by atoms with van der Waals surface area (Å²) in [4.78, 5) is 22.6. The van der Waals surface area contributed by atoms with Crippen LogP contribution in [0.5, 0.6) is 0 Å². The first-order chi connectivity index (χ1) is 12.8. The van der Waals surface area contributed by atoms with Gasteiger partial charge in [-0.05, 0) is 55.0 Å². The number of carbonyl (C=O) groups excluding carboxylic acids is 1. The van der Waals surface area contributed by atoms with E-state index in [0.29, 0.717) is 17.2 Å². The topological polar surface area (TPSA) is 84.6 Å². The summed E-state index contributed by atoms with van der Waals surface area (Å²) in [6, 6.07) is 14.1. The molecule has 0 aromatic heterocycles. The zero-order valence-electron chi connectivity index (χ0n) is 16.1. The van der Waals surface area contributed by atoms with E-state index in [-0.39, 0.29) is 17.5 Å². The molecule has 0 saturated carbocycles. The number of carbonyl (C=O) groups is 1. The van der Waals surface area contributed by atoms with E-state index < -0.39 is 4.92 Å². The van der Waals surface area contributed by atoms with Crippen LogP contribution in [0.4, 0.5) is 5.69 Å². The summed E-state index contributed by atoms with van der Waals surface area (Å²) < 4.78 is 0. The molecule has 0 aliphatic heterocycles. The first-order valence-electron chi connectivity index (χ1n) is 8.95. The number of nitrogens with one attached hydrogen (secondary N) is 1. The van der Waals surface area contributed by atoms with Gasteiger partial charge in [0.15, 0.2) is 0 Å². The van der Waals surface area contributed by atoms with Crippen molar-refractivity contribution in [3.63, 3.8) is 0 Å². The molecule has 1 amide bonds. The molecule has 0 aliphatic rings. The highest BCUT2D eigenvalue weighted by molar-refractivity contribution is 5.99. The fourth-order valence-electron chi connectivity index (χ4n) is 2.69. The Bertz CT molecular complexity index is 825. The molecule has 0 bridgehead atoms. The highest BCUT2D eigenvalue weighted by Crippen LogP contribution is 2.18. The SMILES string of the molecule is C/C(=N\NC(=O)[C@@H](C)c1ccc(CC(C)C)cc1)c1ccc([N+](=O)[O-])cc1. The zero-order chi connectivity index (χ0) is 20.0.